The number of carbonyl (C=O) groups is 2. The zero-order chi connectivity index (χ0) is 26.0. The van der Waals surface area contributed by atoms with Crippen molar-refractivity contribution in [1.82, 2.24) is 5.32 Å². The average molecular weight is 492 g/mol. The van der Waals surface area contributed by atoms with E-state index in [4.69, 9.17) is 5.73 Å². The Balaban J connectivity index is 1.48. The Morgan fingerprint density at radius 1 is 0.919 bits per heavy atom. The summed E-state index contributed by atoms with van der Waals surface area (Å²) in [6.45, 7) is 4.05. The molecule has 0 bridgehead atoms. The second kappa shape index (κ2) is 10.2. The second-order valence-electron chi connectivity index (χ2n) is 10.6. The van der Waals surface area contributed by atoms with E-state index >= 15 is 0 Å². The smallest absolute Gasteiger partial charge is 0.249 e. The predicted octanol–water partition coefficient (Wildman–Crippen LogP) is 5.60. The number of carbonyl (C=O) groups excluding carboxylic acids is 2. The van der Waals surface area contributed by atoms with Crippen molar-refractivity contribution in [3.8, 4) is 11.1 Å². The standard InChI is InChI=1S/C32H33N3O2/c1-32(2,33)20-30(36)34-28-18-17-27-26-11-7-6-10-25(26)16-19-29(27)35(31(28)37)21-22-12-14-24(15-13-22)23-8-4-3-5-9-23/h3-16,19,28H,17-18,20-21,33H2,1-2H3,(H,34,36)/t28-/m1/s1. The number of hydrogen-bond donors (Lipinski definition) is 2. The van der Waals surface area contributed by atoms with Crippen LogP contribution in [0.3, 0.4) is 0 Å². The first-order chi connectivity index (χ1) is 17.8. The molecule has 0 unspecified atom stereocenters. The van der Waals surface area contributed by atoms with Crippen molar-refractivity contribution < 1.29 is 9.59 Å². The Hall–Kier alpha value is -3.96. The van der Waals surface area contributed by atoms with Crippen molar-refractivity contribution in [3.63, 3.8) is 0 Å². The van der Waals surface area contributed by atoms with Crippen LogP contribution in [0.15, 0.2) is 91.0 Å². The molecule has 4 aromatic rings. The molecule has 5 heteroatoms. The zero-order valence-electron chi connectivity index (χ0n) is 21.4. The summed E-state index contributed by atoms with van der Waals surface area (Å²) >= 11 is 0. The highest BCUT2D eigenvalue weighted by molar-refractivity contribution is 6.03. The van der Waals surface area contributed by atoms with E-state index in [0.717, 1.165) is 38.7 Å². The number of hydrogen-bond acceptors (Lipinski definition) is 3. The number of rotatable bonds is 6. The molecule has 1 atom stereocenters. The van der Waals surface area contributed by atoms with Gasteiger partial charge in [0, 0.05) is 17.6 Å². The highest BCUT2D eigenvalue weighted by Gasteiger charge is 2.33. The topological polar surface area (TPSA) is 75.4 Å². The van der Waals surface area contributed by atoms with E-state index in [2.05, 4.69) is 59.9 Å². The fourth-order valence-corrected chi connectivity index (χ4v) is 5.13. The van der Waals surface area contributed by atoms with Crippen molar-refractivity contribution in [2.24, 2.45) is 5.73 Å². The first-order valence-electron chi connectivity index (χ1n) is 12.8. The molecule has 0 aliphatic carbocycles. The fourth-order valence-electron chi connectivity index (χ4n) is 5.13. The maximum Gasteiger partial charge on any atom is 0.249 e. The van der Waals surface area contributed by atoms with Crippen LogP contribution in [0.25, 0.3) is 21.9 Å². The molecule has 4 aromatic carbocycles. The molecule has 2 amide bonds. The minimum atomic E-state index is -0.642. The van der Waals surface area contributed by atoms with Gasteiger partial charge in [0.25, 0.3) is 0 Å². The van der Waals surface area contributed by atoms with E-state index in [9.17, 15) is 9.59 Å². The number of amides is 2. The van der Waals surface area contributed by atoms with E-state index in [-0.39, 0.29) is 18.2 Å². The molecular formula is C32H33N3O2. The van der Waals surface area contributed by atoms with Crippen LogP contribution in [0.2, 0.25) is 0 Å². The molecule has 0 spiro atoms. The first-order valence-corrected chi connectivity index (χ1v) is 12.8. The van der Waals surface area contributed by atoms with Gasteiger partial charge in [-0.25, -0.2) is 0 Å². The summed E-state index contributed by atoms with van der Waals surface area (Å²) in [5, 5.41) is 5.28. The Labute approximate surface area is 218 Å². The maximum atomic E-state index is 13.9. The normalized spacial score (nSPS) is 15.8. The van der Waals surface area contributed by atoms with E-state index in [1.54, 1.807) is 0 Å². The van der Waals surface area contributed by atoms with E-state index < -0.39 is 11.6 Å². The van der Waals surface area contributed by atoms with Gasteiger partial charge in [0.15, 0.2) is 0 Å². The van der Waals surface area contributed by atoms with Crippen LogP contribution in [-0.2, 0) is 22.6 Å². The van der Waals surface area contributed by atoms with E-state index in [0.29, 0.717) is 19.4 Å². The summed E-state index contributed by atoms with van der Waals surface area (Å²) in [5.41, 5.74) is 10.8. The number of anilines is 1. The highest BCUT2D eigenvalue weighted by Crippen LogP contribution is 2.34. The number of nitrogens with one attached hydrogen (secondary N) is 1. The summed E-state index contributed by atoms with van der Waals surface area (Å²) in [4.78, 5) is 28.5. The van der Waals surface area contributed by atoms with Crippen LogP contribution < -0.4 is 16.0 Å². The average Bonchev–Trinajstić information content (AvgIpc) is 3.01. The van der Waals surface area contributed by atoms with Gasteiger partial charge < -0.3 is 16.0 Å². The summed E-state index contributed by atoms with van der Waals surface area (Å²) < 4.78 is 0. The second-order valence-corrected chi connectivity index (χ2v) is 10.6. The Bertz CT molecular complexity index is 1420. The molecule has 37 heavy (non-hydrogen) atoms. The van der Waals surface area contributed by atoms with Crippen molar-refractivity contribution in [2.45, 2.75) is 51.2 Å². The molecule has 5 nitrogen and oxygen atoms in total. The Kier molecular flexibility index (Phi) is 6.81. The number of fused-ring (bicyclic) bond motifs is 3. The van der Waals surface area contributed by atoms with Crippen LogP contribution in [-0.4, -0.2) is 23.4 Å². The third-order valence-corrected chi connectivity index (χ3v) is 6.91. The zero-order valence-corrected chi connectivity index (χ0v) is 21.4. The monoisotopic (exact) mass is 491 g/mol. The van der Waals surface area contributed by atoms with Gasteiger partial charge in [-0.2, -0.15) is 0 Å². The van der Waals surface area contributed by atoms with Gasteiger partial charge in [0.1, 0.15) is 6.04 Å². The Morgan fingerprint density at radius 2 is 1.59 bits per heavy atom. The van der Waals surface area contributed by atoms with Crippen molar-refractivity contribution in [3.05, 3.63) is 102 Å². The maximum absolute atomic E-state index is 13.9. The molecule has 0 radical (unpaired) electrons. The van der Waals surface area contributed by atoms with Crippen LogP contribution in [0.5, 0.6) is 0 Å². The molecule has 0 fully saturated rings. The third kappa shape index (κ3) is 5.57. The lowest BCUT2D eigenvalue weighted by Crippen LogP contribution is -2.49. The molecule has 0 saturated heterocycles. The van der Waals surface area contributed by atoms with Crippen molar-refractivity contribution in [1.29, 1.82) is 0 Å². The van der Waals surface area contributed by atoms with Gasteiger partial charge in [-0.15, -0.1) is 0 Å². The number of aryl methyl sites for hydroxylation is 1. The molecule has 1 aliphatic rings. The van der Waals surface area contributed by atoms with Gasteiger partial charge >= 0.3 is 0 Å². The lowest BCUT2D eigenvalue weighted by atomic mass is 9.98. The number of nitrogens with two attached hydrogens (primary N) is 1. The van der Waals surface area contributed by atoms with Crippen LogP contribution >= 0.6 is 0 Å². The summed E-state index contributed by atoms with van der Waals surface area (Å²) in [6.07, 6.45) is 1.40. The van der Waals surface area contributed by atoms with Gasteiger partial charge in [0.05, 0.1) is 6.54 Å². The van der Waals surface area contributed by atoms with Crippen molar-refractivity contribution in [2.75, 3.05) is 4.90 Å². The SMILES string of the molecule is CC(C)(N)CC(=O)N[C@@H]1CCc2c(ccc3ccccc23)N(Cc2ccc(-c3ccccc3)cc2)C1=O. The molecular weight excluding hydrogens is 458 g/mol. The van der Waals surface area contributed by atoms with Gasteiger partial charge in [-0.05, 0) is 65.8 Å². The number of benzene rings is 4. The quantitative estimate of drug-likeness (QED) is 0.369. The van der Waals surface area contributed by atoms with Gasteiger partial charge in [-0.3, -0.25) is 9.59 Å². The molecule has 1 heterocycles. The lowest BCUT2D eigenvalue weighted by molar-refractivity contribution is -0.128. The van der Waals surface area contributed by atoms with E-state index in [1.807, 2.05) is 55.1 Å². The van der Waals surface area contributed by atoms with Gasteiger partial charge in [0.2, 0.25) is 11.8 Å². The minimum absolute atomic E-state index is 0.0932. The number of nitrogens with zero attached hydrogens (tertiary/aromatic N) is 1. The fraction of sp³-hybridized carbons (Fsp3) is 0.250. The molecule has 5 rings (SSSR count). The highest BCUT2D eigenvalue weighted by atomic mass is 16.2. The Morgan fingerprint density at radius 3 is 2.32 bits per heavy atom. The van der Waals surface area contributed by atoms with Crippen molar-refractivity contribution >= 4 is 28.3 Å². The molecule has 0 aromatic heterocycles. The third-order valence-electron chi connectivity index (χ3n) is 6.91. The van der Waals surface area contributed by atoms with E-state index in [1.165, 1.54) is 0 Å². The van der Waals surface area contributed by atoms with Crippen LogP contribution in [0.4, 0.5) is 5.69 Å². The van der Waals surface area contributed by atoms with Crippen LogP contribution in [0.1, 0.15) is 37.8 Å². The molecule has 1 aliphatic heterocycles. The van der Waals surface area contributed by atoms with Crippen LogP contribution in [0, 0.1) is 0 Å². The largest absolute Gasteiger partial charge is 0.344 e. The molecule has 3 N–H and O–H groups in total. The predicted molar refractivity (Wildman–Crippen MR) is 150 cm³/mol. The summed E-state index contributed by atoms with van der Waals surface area (Å²) in [6, 6.07) is 30.4. The molecule has 188 valence electrons. The summed E-state index contributed by atoms with van der Waals surface area (Å²) in [5.74, 6) is -0.293. The summed E-state index contributed by atoms with van der Waals surface area (Å²) in [7, 11) is 0. The lowest BCUT2D eigenvalue weighted by Gasteiger charge is -2.27. The molecule has 0 saturated carbocycles. The minimum Gasteiger partial charge on any atom is -0.344 e. The van der Waals surface area contributed by atoms with Gasteiger partial charge in [-0.1, -0.05) is 84.9 Å². The first kappa shape index (κ1) is 24.7.